The van der Waals surface area contributed by atoms with E-state index in [1.165, 1.54) is 0 Å². The van der Waals surface area contributed by atoms with Crippen molar-refractivity contribution in [2.45, 2.75) is 19.4 Å². The second-order valence-electron chi connectivity index (χ2n) is 6.56. The molecule has 0 aliphatic carbocycles. The Hall–Kier alpha value is -3.60. The highest BCUT2D eigenvalue weighted by atomic mass is 16.5. The van der Waals surface area contributed by atoms with Gasteiger partial charge in [-0.05, 0) is 41.5 Å². The summed E-state index contributed by atoms with van der Waals surface area (Å²) in [6.45, 7) is 5.82. The van der Waals surface area contributed by atoms with E-state index in [-0.39, 0.29) is 11.8 Å². The van der Waals surface area contributed by atoms with Gasteiger partial charge in [0, 0.05) is 6.54 Å². The fourth-order valence-corrected chi connectivity index (χ4v) is 2.99. The number of carbonyl (C=O) groups is 2. The number of nitrogens with one attached hydrogen (secondary N) is 2. The molecule has 5 nitrogen and oxygen atoms in total. The predicted molar refractivity (Wildman–Crippen MR) is 116 cm³/mol. The largest absolute Gasteiger partial charge is 0.481 e. The summed E-state index contributed by atoms with van der Waals surface area (Å²) in [6.07, 6.45) is 1.41. The van der Waals surface area contributed by atoms with Crippen LogP contribution >= 0.6 is 0 Å². The van der Waals surface area contributed by atoms with Crippen molar-refractivity contribution in [2.24, 2.45) is 0 Å². The van der Waals surface area contributed by atoms with E-state index in [0.29, 0.717) is 30.0 Å². The third-order valence-electron chi connectivity index (χ3n) is 4.50. The topological polar surface area (TPSA) is 67.4 Å². The van der Waals surface area contributed by atoms with Crippen LogP contribution in [0.4, 0.5) is 5.69 Å². The van der Waals surface area contributed by atoms with Gasteiger partial charge in [0.15, 0.2) is 6.10 Å². The molecule has 0 aromatic heterocycles. The van der Waals surface area contributed by atoms with Crippen molar-refractivity contribution in [1.82, 2.24) is 5.32 Å². The van der Waals surface area contributed by atoms with Gasteiger partial charge in [0.2, 0.25) is 0 Å². The molecule has 5 heteroatoms. The summed E-state index contributed by atoms with van der Waals surface area (Å²) in [6, 6.07) is 20.6. The van der Waals surface area contributed by atoms with Gasteiger partial charge >= 0.3 is 0 Å². The van der Waals surface area contributed by atoms with Gasteiger partial charge in [0.25, 0.3) is 11.8 Å². The number of fused-ring (bicyclic) bond motifs is 1. The van der Waals surface area contributed by atoms with E-state index in [1.807, 2.05) is 49.4 Å². The van der Waals surface area contributed by atoms with E-state index < -0.39 is 6.10 Å². The first-order chi connectivity index (χ1) is 14.1. The molecule has 0 heterocycles. The minimum absolute atomic E-state index is 0.274. The summed E-state index contributed by atoms with van der Waals surface area (Å²) >= 11 is 0. The molecule has 2 amide bonds. The summed E-state index contributed by atoms with van der Waals surface area (Å²) in [5.41, 5.74) is 0.836. The van der Waals surface area contributed by atoms with Gasteiger partial charge in [0.1, 0.15) is 5.75 Å². The van der Waals surface area contributed by atoms with Gasteiger partial charge in [0.05, 0.1) is 11.3 Å². The summed E-state index contributed by atoms with van der Waals surface area (Å²) in [4.78, 5) is 25.1. The van der Waals surface area contributed by atoms with Gasteiger partial charge in [-0.15, -0.1) is 6.58 Å². The molecule has 2 N–H and O–H groups in total. The molecule has 3 rings (SSSR count). The molecule has 3 aromatic carbocycles. The zero-order chi connectivity index (χ0) is 20.6. The number of carbonyl (C=O) groups excluding carboxylic acids is 2. The molecule has 1 atom stereocenters. The maximum atomic E-state index is 12.8. The first-order valence-corrected chi connectivity index (χ1v) is 9.56. The third-order valence-corrected chi connectivity index (χ3v) is 4.50. The minimum atomic E-state index is -0.680. The van der Waals surface area contributed by atoms with Crippen molar-refractivity contribution in [1.29, 1.82) is 0 Å². The van der Waals surface area contributed by atoms with E-state index in [9.17, 15) is 9.59 Å². The minimum Gasteiger partial charge on any atom is -0.481 e. The Morgan fingerprint density at radius 2 is 1.76 bits per heavy atom. The number of amides is 2. The Balaban J connectivity index is 1.74. The molecule has 0 radical (unpaired) electrons. The number of hydrogen-bond acceptors (Lipinski definition) is 3. The van der Waals surface area contributed by atoms with Crippen molar-refractivity contribution in [3.05, 3.63) is 84.9 Å². The number of rotatable bonds is 8. The molecular weight excluding hydrogens is 364 g/mol. The van der Waals surface area contributed by atoms with Gasteiger partial charge in [-0.25, -0.2) is 0 Å². The lowest BCUT2D eigenvalue weighted by molar-refractivity contribution is -0.122. The average molecular weight is 388 g/mol. The summed E-state index contributed by atoms with van der Waals surface area (Å²) in [5, 5.41) is 7.70. The average Bonchev–Trinajstić information content (AvgIpc) is 2.76. The van der Waals surface area contributed by atoms with Gasteiger partial charge in [-0.2, -0.15) is 0 Å². The summed E-state index contributed by atoms with van der Waals surface area (Å²) < 4.78 is 5.95. The van der Waals surface area contributed by atoms with E-state index in [0.717, 1.165) is 10.8 Å². The van der Waals surface area contributed by atoms with Crippen LogP contribution in [-0.2, 0) is 4.79 Å². The summed E-state index contributed by atoms with van der Waals surface area (Å²) in [5.74, 6) is 0.0524. The van der Waals surface area contributed by atoms with Crippen LogP contribution in [0.2, 0.25) is 0 Å². The number of ether oxygens (including phenoxy) is 1. The van der Waals surface area contributed by atoms with Crippen LogP contribution in [-0.4, -0.2) is 24.5 Å². The third kappa shape index (κ3) is 5.02. The lowest BCUT2D eigenvalue weighted by Gasteiger charge is -2.19. The Kier molecular flexibility index (Phi) is 6.63. The lowest BCUT2D eigenvalue weighted by Crippen LogP contribution is -2.33. The normalized spacial score (nSPS) is 11.5. The van der Waals surface area contributed by atoms with Crippen LogP contribution in [0.3, 0.4) is 0 Å². The number of hydrogen-bond donors (Lipinski definition) is 2. The second kappa shape index (κ2) is 9.55. The zero-order valence-corrected chi connectivity index (χ0v) is 16.4. The fourth-order valence-electron chi connectivity index (χ4n) is 2.99. The Morgan fingerprint density at radius 1 is 1.03 bits per heavy atom. The van der Waals surface area contributed by atoms with Crippen molar-refractivity contribution in [3.8, 4) is 5.75 Å². The van der Waals surface area contributed by atoms with Gasteiger partial charge in [-0.3, -0.25) is 9.59 Å². The van der Waals surface area contributed by atoms with Gasteiger partial charge in [-0.1, -0.05) is 55.5 Å². The van der Waals surface area contributed by atoms with Crippen LogP contribution in [0.25, 0.3) is 10.8 Å². The van der Waals surface area contributed by atoms with E-state index in [2.05, 4.69) is 17.2 Å². The Labute approximate surface area is 170 Å². The summed E-state index contributed by atoms with van der Waals surface area (Å²) in [7, 11) is 0. The zero-order valence-electron chi connectivity index (χ0n) is 16.4. The molecule has 0 aliphatic rings. The maximum Gasteiger partial charge on any atom is 0.265 e. The molecule has 3 aromatic rings. The fraction of sp³-hybridized carbons (Fsp3) is 0.167. The van der Waals surface area contributed by atoms with Crippen LogP contribution in [0.5, 0.6) is 5.75 Å². The van der Waals surface area contributed by atoms with Crippen LogP contribution in [0, 0.1) is 0 Å². The SMILES string of the molecule is C=CCNC(=O)c1ccccc1NC(=O)C(CC)Oc1ccc2ccccc2c1. The van der Waals surface area contributed by atoms with E-state index >= 15 is 0 Å². The molecular formula is C24H24N2O3. The van der Waals surface area contributed by atoms with Gasteiger partial charge < -0.3 is 15.4 Å². The van der Waals surface area contributed by atoms with Crippen molar-refractivity contribution in [2.75, 3.05) is 11.9 Å². The standard InChI is InChI=1S/C24H24N2O3/c1-3-15-25-23(27)20-11-7-8-12-21(20)26-24(28)22(4-2)29-19-14-13-17-9-5-6-10-18(17)16-19/h3,5-14,16,22H,1,4,15H2,2H3,(H,25,27)(H,26,28). The second-order valence-corrected chi connectivity index (χ2v) is 6.56. The molecule has 0 fully saturated rings. The quantitative estimate of drug-likeness (QED) is 0.556. The van der Waals surface area contributed by atoms with Crippen molar-refractivity contribution in [3.63, 3.8) is 0 Å². The van der Waals surface area contributed by atoms with E-state index in [1.54, 1.807) is 30.3 Å². The monoisotopic (exact) mass is 388 g/mol. The highest BCUT2D eigenvalue weighted by molar-refractivity contribution is 6.04. The molecule has 0 saturated carbocycles. The van der Waals surface area contributed by atoms with E-state index in [4.69, 9.17) is 4.74 Å². The van der Waals surface area contributed by atoms with Crippen molar-refractivity contribution >= 4 is 28.3 Å². The molecule has 29 heavy (non-hydrogen) atoms. The number of para-hydroxylation sites is 1. The van der Waals surface area contributed by atoms with Crippen LogP contribution in [0.15, 0.2) is 79.4 Å². The highest BCUT2D eigenvalue weighted by Gasteiger charge is 2.21. The first-order valence-electron chi connectivity index (χ1n) is 9.56. The number of benzene rings is 3. The molecule has 0 aliphatic heterocycles. The molecule has 0 saturated heterocycles. The first kappa shape index (κ1) is 20.1. The lowest BCUT2D eigenvalue weighted by atomic mass is 10.1. The Bertz CT molecular complexity index is 1030. The smallest absolute Gasteiger partial charge is 0.265 e. The highest BCUT2D eigenvalue weighted by Crippen LogP contribution is 2.23. The molecule has 1 unspecified atom stereocenters. The maximum absolute atomic E-state index is 12.8. The van der Waals surface area contributed by atoms with Crippen LogP contribution < -0.4 is 15.4 Å². The molecule has 0 bridgehead atoms. The number of anilines is 1. The Morgan fingerprint density at radius 3 is 2.52 bits per heavy atom. The molecule has 148 valence electrons. The molecule has 0 spiro atoms. The van der Waals surface area contributed by atoms with Crippen molar-refractivity contribution < 1.29 is 14.3 Å². The predicted octanol–water partition coefficient (Wildman–Crippen LogP) is 4.55. The van der Waals surface area contributed by atoms with Crippen LogP contribution in [0.1, 0.15) is 23.7 Å².